The summed E-state index contributed by atoms with van der Waals surface area (Å²) < 4.78 is 0. The first-order valence-corrected chi connectivity index (χ1v) is 7.09. The summed E-state index contributed by atoms with van der Waals surface area (Å²) in [5.41, 5.74) is 1.46. The molecule has 1 heteroatoms. The molecule has 0 N–H and O–H groups in total. The van der Waals surface area contributed by atoms with Crippen LogP contribution in [0.3, 0.4) is 0 Å². The number of piperidine rings is 1. The van der Waals surface area contributed by atoms with Gasteiger partial charge < -0.3 is 0 Å². The predicted octanol–water partition coefficient (Wildman–Crippen LogP) is 4.09. The molecular formula is C16H25N. The molecule has 1 aliphatic rings. The molecule has 94 valence electrons. The van der Waals surface area contributed by atoms with Crippen LogP contribution in [0.25, 0.3) is 0 Å². The first-order valence-electron chi connectivity index (χ1n) is 7.09. The third kappa shape index (κ3) is 3.32. The molecule has 0 amide bonds. The molecule has 1 aromatic carbocycles. The topological polar surface area (TPSA) is 3.24 Å². The average Bonchev–Trinajstić information content (AvgIpc) is 2.35. The van der Waals surface area contributed by atoms with E-state index in [0.717, 1.165) is 18.5 Å². The van der Waals surface area contributed by atoms with Crippen molar-refractivity contribution in [3.05, 3.63) is 35.9 Å². The van der Waals surface area contributed by atoms with Gasteiger partial charge in [0.15, 0.2) is 0 Å². The van der Waals surface area contributed by atoms with E-state index in [-0.39, 0.29) is 0 Å². The van der Waals surface area contributed by atoms with Crippen LogP contribution in [0.2, 0.25) is 0 Å². The van der Waals surface area contributed by atoms with Crippen LogP contribution in [-0.4, -0.2) is 17.5 Å². The molecule has 1 aromatic rings. The summed E-state index contributed by atoms with van der Waals surface area (Å²) in [5, 5.41) is 0. The Morgan fingerprint density at radius 3 is 2.71 bits per heavy atom. The fraction of sp³-hybridized carbons (Fsp3) is 0.625. The Bertz CT molecular complexity index is 320. The van der Waals surface area contributed by atoms with Crippen LogP contribution >= 0.6 is 0 Å². The molecule has 17 heavy (non-hydrogen) atoms. The maximum atomic E-state index is 2.70. The van der Waals surface area contributed by atoms with Crippen molar-refractivity contribution >= 4 is 0 Å². The Hall–Kier alpha value is -0.820. The highest BCUT2D eigenvalue weighted by atomic mass is 15.2. The van der Waals surface area contributed by atoms with Gasteiger partial charge >= 0.3 is 0 Å². The van der Waals surface area contributed by atoms with Crippen molar-refractivity contribution < 1.29 is 0 Å². The third-order valence-electron chi connectivity index (χ3n) is 4.04. The fourth-order valence-electron chi connectivity index (χ4n) is 3.11. The molecule has 0 unspecified atom stereocenters. The minimum atomic E-state index is 0.800. The van der Waals surface area contributed by atoms with E-state index in [0.29, 0.717) is 0 Å². The van der Waals surface area contributed by atoms with E-state index in [4.69, 9.17) is 0 Å². The second-order valence-corrected chi connectivity index (χ2v) is 5.43. The molecule has 0 aliphatic carbocycles. The second-order valence-electron chi connectivity index (χ2n) is 5.43. The summed E-state index contributed by atoms with van der Waals surface area (Å²) in [4.78, 5) is 2.70. The molecule has 0 radical (unpaired) electrons. The van der Waals surface area contributed by atoms with Crippen molar-refractivity contribution in [2.75, 3.05) is 6.54 Å². The van der Waals surface area contributed by atoms with Gasteiger partial charge in [0, 0.05) is 12.6 Å². The maximum absolute atomic E-state index is 2.70. The van der Waals surface area contributed by atoms with Gasteiger partial charge in [0.25, 0.3) is 0 Å². The first-order chi connectivity index (χ1) is 8.31. The summed E-state index contributed by atoms with van der Waals surface area (Å²) in [6.07, 6.45) is 5.44. The minimum absolute atomic E-state index is 0.800. The summed E-state index contributed by atoms with van der Waals surface area (Å²) in [6, 6.07) is 11.7. The minimum Gasteiger partial charge on any atom is -0.296 e. The number of hydrogen-bond donors (Lipinski definition) is 0. The van der Waals surface area contributed by atoms with Crippen molar-refractivity contribution in [2.24, 2.45) is 5.92 Å². The van der Waals surface area contributed by atoms with E-state index in [9.17, 15) is 0 Å². The lowest BCUT2D eigenvalue weighted by atomic mass is 9.87. The Morgan fingerprint density at radius 1 is 1.24 bits per heavy atom. The molecular weight excluding hydrogens is 206 g/mol. The van der Waals surface area contributed by atoms with Crippen LogP contribution in [0, 0.1) is 5.92 Å². The summed E-state index contributed by atoms with van der Waals surface area (Å²) in [5.74, 6) is 0.868. The van der Waals surface area contributed by atoms with Crippen molar-refractivity contribution in [3.8, 4) is 0 Å². The van der Waals surface area contributed by atoms with Crippen LogP contribution in [0.1, 0.15) is 45.1 Å². The number of benzene rings is 1. The van der Waals surface area contributed by atoms with E-state index in [1.807, 2.05) is 0 Å². The highest BCUT2D eigenvalue weighted by molar-refractivity contribution is 5.14. The lowest BCUT2D eigenvalue weighted by Gasteiger charge is -2.40. The molecule has 1 fully saturated rings. The standard InChI is InChI=1S/C16H25N/c1-3-8-16-14(2)9-7-12-17(16)13-15-10-5-4-6-11-15/h4-6,10-11,14,16H,3,7-9,12-13H2,1-2H3/t14-,16+/m1/s1. The maximum Gasteiger partial charge on any atom is 0.0236 e. The fourth-order valence-corrected chi connectivity index (χ4v) is 3.11. The van der Waals surface area contributed by atoms with E-state index in [1.54, 1.807) is 0 Å². The molecule has 0 spiro atoms. The molecule has 0 saturated carbocycles. The van der Waals surface area contributed by atoms with Gasteiger partial charge in [-0.15, -0.1) is 0 Å². The Balaban J connectivity index is 2.02. The van der Waals surface area contributed by atoms with Gasteiger partial charge in [-0.2, -0.15) is 0 Å². The van der Waals surface area contributed by atoms with E-state index >= 15 is 0 Å². The molecule has 0 aromatic heterocycles. The summed E-state index contributed by atoms with van der Waals surface area (Å²) >= 11 is 0. The van der Waals surface area contributed by atoms with Crippen molar-refractivity contribution in [2.45, 2.75) is 52.1 Å². The predicted molar refractivity (Wildman–Crippen MR) is 73.9 cm³/mol. The number of likely N-dealkylation sites (tertiary alicyclic amines) is 1. The van der Waals surface area contributed by atoms with Crippen LogP contribution in [0.15, 0.2) is 30.3 Å². The summed E-state index contributed by atoms with van der Waals surface area (Å²) in [6.45, 7) is 7.15. The Morgan fingerprint density at radius 2 is 2.00 bits per heavy atom. The molecule has 1 nitrogen and oxygen atoms in total. The van der Waals surface area contributed by atoms with E-state index in [2.05, 4.69) is 49.1 Å². The Kier molecular flexibility index (Phi) is 4.61. The largest absolute Gasteiger partial charge is 0.296 e. The zero-order chi connectivity index (χ0) is 12.1. The number of rotatable bonds is 4. The lowest BCUT2D eigenvalue weighted by molar-refractivity contribution is 0.0863. The van der Waals surface area contributed by atoms with Gasteiger partial charge in [0.1, 0.15) is 0 Å². The zero-order valence-corrected chi connectivity index (χ0v) is 11.2. The number of hydrogen-bond acceptors (Lipinski definition) is 1. The summed E-state index contributed by atoms with van der Waals surface area (Å²) in [7, 11) is 0. The molecule has 0 bridgehead atoms. The monoisotopic (exact) mass is 231 g/mol. The Labute approximate surface area is 106 Å². The van der Waals surface area contributed by atoms with Crippen molar-refractivity contribution in [1.29, 1.82) is 0 Å². The highest BCUT2D eigenvalue weighted by Crippen LogP contribution is 2.27. The van der Waals surface area contributed by atoms with Gasteiger partial charge in [-0.25, -0.2) is 0 Å². The zero-order valence-electron chi connectivity index (χ0n) is 11.2. The van der Waals surface area contributed by atoms with Gasteiger partial charge in [-0.1, -0.05) is 50.6 Å². The number of nitrogens with zero attached hydrogens (tertiary/aromatic N) is 1. The van der Waals surface area contributed by atoms with Gasteiger partial charge in [-0.05, 0) is 37.3 Å². The normalized spacial score (nSPS) is 26.0. The van der Waals surface area contributed by atoms with E-state index < -0.39 is 0 Å². The van der Waals surface area contributed by atoms with Gasteiger partial charge in [-0.3, -0.25) is 4.90 Å². The lowest BCUT2D eigenvalue weighted by Crippen LogP contribution is -2.43. The van der Waals surface area contributed by atoms with Crippen LogP contribution in [0.5, 0.6) is 0 Å². The van der Waals surface area contributed by atoms with Crippen LogP contribution in [-0.2, 0) is 6.54 Å². The van der Waals surface area contributed by atoms with Crippen molar-refractivity contribution in [3.63, 3.8) is 0 Å². The quantitative estimate of drug-likeness (QED) is 0.754. The van der Waals surface area contributed by atoms with E-state index in [1.165, 1.54) is 37.8 Å². The molecule has 2 atom stereocenters. The SMILES string of the molecule is CCC[C@H]1[C@H](C)CCCN1Cc1ccccc1. The van der Waals surface area contributed by atoms with Crippen LogP contribution < -0.4 is 0 Å². The third-order valence-corrected chi connectivity index (χ3v) is 4.04. The highest BCUT2D eigenvalue weighted by Gasteiger charge is 2.27. The van der Waals surface area contributed by atoms with Crippen molar-refractivity contribution in [1.82, 2.24) is 4.90 Å². The molecule has 1 aliphatic heterocycles. The smallest absolute Gasteiger partial charge is 0.0236 e. The molecule has 2 rings (SSSR count). The van der Waals surface area contributed by atoms with Crippen LogP contribution in [0.4, 0.5) is 0 Å². The molecule has 1 saturated heterocycles. The first kappa shape index (κ1) is 12.6. The average molecular weight is 231 g/mol. The van der Waals surface area contributed by atoms with Gasteiger partial charge in [0.05, 0.1) is 0 Å². The second kappa shape index (κ2) is 6.20. The molecule has 1 heterocycles. The van der Waals surface area contributed by atoms with Gasteiger partial charge in [0.2, 0.25) is 0 Å².